The average Bonchev–Trinajstić information content (AvgIpc) is 2.17. The fourth-order valence-corrected chi connectivity index (χ4v) is 1.65. The second kappa shape index (κ2) is 3.70. The molecule has 3 nitrogen and oxygen atoms in total. The number of alkyl halides is 3. The van der Waals surface area contributed by atoms with Gasteiger partial charge in [-0.25, -0.2) is 0 Å². The number of ether oxygens (including phenoxy) is 1. The van der Waals surface area contributed by atoms with Gasteiger partial charge in [-0.15, -0.1) is 13.2 Å². The molecule has 0 fully saturated rings. The van der Waals surface area contributed by atoms with E-state index in [2.05, 4.69) is 10.1 Å². The summed E-state index contributed by atoms with van der Waals surface area (Å²) in [6.07, 6.45) is -4.39. The summed E-state index contributed by atoms with van der Waals surface area (Å²) in [6.45, 7) is 0.323. The van der Waals surface area contributed by atoms with E-state index in [1.165, 1.54) is 18.2 Å². The van der Waals surface area contributed by atoms with E-state index in [-0.39, 0.29) is 17.2 Å². The smallest absolute Gasteiger partial charge is 0.405 e. The zero-order valence-corrected chi connectivity index (χ0v) is 8.10. The van der Waals surface area contributed by atoms with Crippen LogP contribution in [0.3, 0.4) is 0 Å². The lowest BCUT2D eigenvalue weighted by atomic mass is 9.99. The topological polar surface area (TPSA) is 38.3 Å². The van der Waals surface area contributed by atoms with Crippen LogP contribution in [0, 0.1) is 0 Å². The molecule has 0 radical (unpaired) electrons. The highest BCUT2D eigenvalue weighted by Gasteiger charge is 2.33. The lowest BCUT2D eigenvalue weighted by Gasteiger charge is -2.20. The second-order valence-electron chi connectivity index (χ2n) is 3.34. The van der Waals surface area contributed by atoms with Crippen LogP contribution in [0.4, 0.5) is 13.2 Å². The number of fused-ring (bicyclic) bond motifs is 1. The number of hydrogen-bond donors (Lipinski definition) is 1. The third kappa shape index (κ3) is 2.10. The largest absolute Gasteiger partial charge is 0.573 e. The molecular formula is C10H8F3NO2. The molecule has 6 heteroatoms. The molecule has 0 aliphatic carbocycles. The van der Waals surface area contributed by atoms with E-state index in [9.17, 15) is 18.0 Å². The van der Waals surface area contributed by atoms with Gasteiger partial charge in [-0.05, 0) is 18.6 Å². The summed E-state index contributed by atoms with van der Waals surface area (Å²) in [7, 11) is 0. The lowest BCUT2D eigenvalue weighted by molar-refractivity contribution is -0.274. The first-order valence-corrected chi connectivity index (χ1v) is 4.63. The number of carbonyl (C=O) groups is 1. The van der Waals surface area contributed by atoms with Gasteiger partial charge < -0.3 is 10.1 Å². The maximum absolute atomic E-state index is 12.1. The van der Waals surface area contributed by atoms with E-state index < -0.39 is 6.36 Å². The maximum atomic E-state index is 12.1. The van der Waals surface area contributed by atoms with Crippen LogP contribution in [0.1, 0.15) is 15.9 Å². The molecule has 1 heterocycles. The number of rotatable bonds is 1. The highest BCUT2D eigenvalue weighted by atomic mass is 19.4. The van der Waals surface area contributed by atoms with Crippen LogP contribution in [0.2, 0.25) is 0 Å². The third-order valence-electron chi connectivity index (χ3n) is 2.26. The first kappa shape index (κ1) is 10.8. The predicted molar refractivity (Wildman–Crippen MR) is 49.2 cm³/mol. The molecule has 1 aromatic carbocycles. The second-order valence-corrected chi connectivity index (χ2v) is 3.34. The number of halogens is 3. The number of hydrogen-bond acceptors (Lipinski definition) is 2. The number of benzene rings is 1. The first-order valence-electron chi connectivity index (χ1n) is 4.63. The lowest BCUT2D eigenvalue weighted by Crippen LogP contribution is -2.32. The molecule has 2 rings (SSSR count). The SMILES string of the molecule is O=C1NCCc2c(OC(F)(F)F)cccc21. The molecule has 0 unspecified atom stereocenters. The van der Waals surface area contributed by atoms with Crippen LogP contribution in [-0.4, -0.2) is 18.8 Å². The van der Waals surface area contributed by atoms with Crippen LogP contribution in [0.25, 0.3) is 0 Å². The third-order valence-corrected chi connectivity index (χ3v) is 2.26. The van der Waals surface area contributed by atoms with Crippen LogP contribution in [0.5, 0.6) is 5.75 Å². The predicted octanol–water partition coefficient (Wildman–Crippen LogP) is 1.87. The van der Waals surface area contributed by atoms with Gasteiger partial charge in [0.1, 0.15) is 5.75 Å². The van der Waals surface area contributed by atoms with Gasteiger partial charge in [-0.2, -0.15) is 0 Å². The van der Waals surface area contributed by atoms with Crippen molar-refractivity contribution in [1.29, 1.82) is 0 Å². The highest BCUT2D eigenvalue weighted by molar-refractivity contribution is 5.97. The minimum atomic E-state index is -4.73. The van der Waals surface area contributed by atoms with Crippen molar-refractivity contribution in [3.63, 3.8) is 0 Å². The van der Waals surface area contributed by atoms with Crippen molar-refractivity contribution in [3.05, 3.63) is 29.3 Å². The molecule has 0 atom stereocenters. The van der Waals surface area contributed by atoms with Crippen molar-refractivity contribution in [2.24, 2.45) is 0 Å². The van der Waals surface area contributed by atoms with Gasteiger partial charge >= 0.3 is 6.36 Å². The minimum Gasteiger partial charge on any atom is -0.405 e. The quantitative estimate of drug-likeness (QED) is 0.801. The van der Waals surface area contributed by atoms with Gasteiger partial charge in [0.15, 0.2) is 0 Å². The molecule has 0 bridgehead atoms. The fraction of sp³-hybridized carbons (Fsp3) is 0.300. The first-order chi connectivity index (χ1) is 7.47. The van der Waals surface area contributed by atoms with Gasteiger partial charge in [0.2, 0.25) is 0 Å². The monoisotopic (exact) mass is 231 g/mol. The Labute approximate surface area is 89.2 Å². The summed E-state index contributed by atoms with van der Waals surface area (Å²) in [5.74, 6) is -0.659. The molecule has 1 aliphatic heterocycles. The number of amides is 1. The summed E-state index contributed by atoms with van der Waals surface area (Å²) in [4.78, 5) is 11.4. The van der Waals surface area contributed by atoms with Crippen LogP contribution in [-0.2, 0) is 6.42 Å². The molecule has 0 aromatic heterocycles. The zero-order chi connectivity index (χ0) is 11.8. The fourth-order valence-electron chi connectivity index (χ4n) is 1.65. The summed E-state index contributed by atoms with van der Waals surface area (Å²) >= 11 is 0. The molecule has 16 heavy (non-hydrogen) atoms. The summed E-state index contributed by atoms with van der Waals surface area (Å²) in [5.41, 5.74) is 0.552. The van der Waals surface area contributed by atoms with Crippen LogP contribution >= 0.6 is 0 Å². The molecule has 0 saturated heterocycles. The van der Waals surface area contributed by atoms with E-state index >= 15 is 0 Å². The van der Waals surface area contributed by atoms with E-state index in [0.717, 1.165) is 0 Å². The van der Waals surface area contributed by atoms with E-state index in [1.54, 1.807) is 0 Å². The molecule has 1 amide bonds. The Hall–Kier alpha value is -1.72. The highest BCUT2D eigenvalue weighted by Crippen LogP contribution is 2.30. The molecular weight excluding hydrogens is 223 g/mol. The van der Waals surface area contributed by atoms with Crippen molar-refractivity contribution in [2.45, 2.75) is 12.8 Å². The molecule has 1 aromatic rings. The average molecular weight is 231 g/mol. The molecule has 0 spiro atoms. The Morgan fingerprint density at radius 2 is 2.06 bits per heavy atom. The van der Waals surface area contributed by atoms with Crippen molar-refractivity contribution in [3.8, 4) is 5.75 Å². The van der Waals surface area contributed by atoms with E-state index in [1.807, 2.05) is 0 Å². The van der Waals surface area contributed by atoms with Gasteiger partial charge in [0, 0.05) is 17.7 Å². The zero-order valence-electron chi connectivity index (χ0n) is 8.10. The number of nitrogens with one attached hydrogen (secondary N) is 1. The van der Waals surface area contributed by atoms with Gasteiger partial charge in [-0.3, -0.25) is 4.79 Å². The maximum Gasteiger partial charge on any atom is 0.573 e. The van der Waals surface area contributed by atoms with Gasteiger partial charge in [0.05, 0.1) is 0 Å². The van der Waals surface area contributed by atoms with Crippen molar-refractivity contribution in [1.82, 2.24) is 5.32 Å². The molecule has 0 saturated carbocycles. The van der Waals surface area contributed by atoms with Crippen molar-refractivity contribution < 1.29 is 22.7 Å². The summed E-state index contributed by atoms with van der Waals surface area (Å²) in [5, 5.41) is 2.55. The normalized spacial score (nSPS) is 15.3. The Kier molecular flexibility index (Phi) is 2.49. The molecule has 86 valence electrons. The summed E-state index contributed by atoms with van der Waals surface area (Å²) < 4.78 is 40.1. The van der Waals surface area contributed by atoms with Crippen molar-refractivity contribution >= 4 is 5.91 Å². The minimum absolute atomic E-state index is 0.244. The van der Waals surface area contributed by atoms with Gasteiger partial charge in [0.25, 0.3) is 5.91 Å². The molecule has 1 aliphatic rings. The van der Waals surface area contributed by atoms with E-state index in [4.69, 9.17) is 0 Å². The van der Waals surface area contributed by atoms with E-state index in [0.29, 0.717) is 18.5 Å². The Morgan fingerprint density at radius 1 is 1.31 bits per heavy atom. The van der Waals surface area contributed by atoms with Gasteiger partial charge in [-0.1, -0.05) is 6.07 Å². The summed E-state index contributed by atoms with van der Waals surface area (Å²) in [6, 6.07) is 4.06. The number of carbonyl (C=O) groups excluding carboxylic acids is 1. The van der Waals surface area contributed by atoms with Crippen LogP contribution < -0.4 is 10.1 Å². The Balaban J connectivity index is 2.40. The Bertz CT molecular complexity index is 429. The molecule has 1 N–H and O–H groups in total. The van der Waals surface area contributed by atoms with Crippen LogP contribution in [0.15, 0.2) is 18.2 Å². The van der Waals surface area contributed by atoms with Crippen molar-refractivity contribution in [2.75, 3.05) is 6.54 Å². The standard InChI is InChI=1S/C10H8F3NO2/c11-10(12,13)16-8-3-1-2-7-6(8)4-5-14-9(7)15/h1-3H,4-5H2,(H,14,15). The Morgan fingerprint density at radius 3 is 2.75 bits per heavy atom.